The van der Waals surface area contributed by atoms with Gasteiger partial charge in [0.2, 0.25) is 0 Å². The van der Waals surface area contributed by atoms with Gasteiger partial charge < -0.3 is 15.0 Å². The summed E-state index contributed by atoms with van der Waals surface area (Å²) >= 11 is 0. The largest absolute Gasteiger partial charge is 0.483 e. The smallest absolute Gasteiger partial charge is 0.179 e. The van der Waals surface area contributed by atoms with Crippen LogP contribution in [0.3, 0.4) is 0 Å². The van der Waals surface area contributed by atoms with Gasteiger partial charge in [0, 0.05) is 32.1 Å². The second kappa shape index (κ2) is 8.92. The van der Waals surface area contributed by atoms with Crippen molar-refractivity contribution in [1.29, 1.82) is 0 Å². The van der Waals surface area contributed by atoms with Crippen molar-refractivity contribution in [3.05, 3.63) is 72.6 Å². The topological polar surface area (TPSA) is 68.1 Å². The van der Waals surface area contributed by atoms with E-state index in [0.29, 0.717) is 0 Å². The van der Waals surface area contributed by atoms with Gasteiger partial charge in [-0.2, -0.15) is 10.2 Å². The molecule has 0 saturated carbocycles. The summed E-state index contributed by atoms with van der Waals surface area (Å²) in [5, 5.41) is 17.3. The van der Waals surface area contributed by atoms with Crippen LogP contribution in [0, 0.1) is 0 Å². The fraction of sp³-hybridized carbons (Fsp3) is 0.261. The average molecular weight is 403 g/mol. The lowest BCUT2D eigenvalue weighted by Gasteiger charge is -2.21. The monoisotopic (exact) mass is 402 g/mol. The van der Waals surface area contributed by atoms with Gasteiger partial charge in [0.25, 0.3) is 0 Å². The Hall–Kier alpha value is -3.45. The number of benzene rings is 2. The Morgan fingerprint density at radius 2 is 1.83 bits per heavy atom. The van der Waals surface area contributed by atoms with Crippen molar-refractivity contribution in [2.24, 2.45) is 0 Å². The molecule has 4 aromatic rings. The van der Waals surface area contributed by atoms with E-state index in [9.17, 15) is 0 Å². The number of fused-ring (bicyclic) bond motifs is 1. The maximum Gasteiger partial charge on any atom is 0.179 e. The minimum absolute atomic E-state index is 0.0644. The van der Waals surface area contributed by atoms with Crippen LogP contribution in [0.5, 0.6) is 5.75 Å². The van der Waals surface area contributed by atoms with Gasteiger partial charge in [-0.15, -0.1) is 5.10 Å². The number of nitrogens with zero attached hydrogens (tertiary/aromatic N) is 5. The Kier molecular flexibility index (Phi) is 5.90. The summed E-state index contributed by atoms with van der Waals surface area (Å²) in [6.45, 7) is 0.858. The predicted molar refractivity (Wildman–Crippen MR) is 119 cm³/mol. The van der Waals surface area contributed by atoms with Crippen molar-refractivity contribution in [2.75, 3.05) is 32.6 Å². The quantitative estimate of drug-likeness (QED) is 0.486. The Morgan fingerprint density at radius 1 is 1.07 bits per heavy atom. The third-order valence-corrected chi connectivity index (χ3v) is 4.94. The maximum atomic E-state index is 6.52. The summed E-state index contributed by atoms with van der Waals surface area (Å²) in [5.74, 6) is 1.52. The van der Waals surface area contributed by atoms with E-state index >= 15 is 0 Å². The van der Waals surface area contributed by atoms with Crippen LogP contribution in [0.2, 0.25) is 0 Å². The molecule has 0 aliphatic heterocycles. The van der Waals surface area contributed by atoms with Gasteiger partial charge in [0.05, 0.1) is 6.20 Å². The molecule has 1 unspecified atom stereocenters. The standard InChI is InChI=1S/C23H26N6O/c1-24-14-13-20(17-9-5-4-6-10-17)30-21-12-8-7-11-19(21)29-16-18-15-25-26-23(28(2)3)22(18)27-29/h4-12,15-16,20,24H,13-14H2,1-3H3. The summed E-state index contributed by atoms with van der Waals surface area (Å²) in [4.78, 5) is 1.91. The molecule has 0 saturated heterocycles. The van der Waals surface area contributed by atoms with E-state index in [1.165, 1.54) is 0 Å². The number of rotatable bonds is 8. The van der Waals surface area contributed by atoms with Gasteiger partial charge in [-0.25, -0.2) is 4.68 Å². The molecule has 4 rings (SSSR count). The van der Waals surface area contributed by atoms with Crippen molar-refractivity contribution >= 4 is 16.7 Å². The lowest BCUT2D eigenvalue weighted by molar-refractivity contribution is 0.194. The third kappa shape index (κ3) is 4.11. The summed E-state index contributed by atoms with van der Waals surface area (Å²) in [6, 6.07) is 18.3. The zero-order valence-corrected chi connectivity index (χ0v) is 17.5. The minimum Gasteiger partial charge on any atom is -0.483 e. The molecule has 1 atom stereocenters. The Balaban J connectivity index is 1.72. The lowest BCUT2D eigenvalue weighted by Crippen LogP contribution is -2.17. The maximum absolute atomic E-state index is 6.52. The second-order valence-electron chi connectivity index (χ2n) is 7.32. The number of anilines is 1. The van der Waals surface area contributed by atoms with E-state index in [2.05, 4.69) is 27.6 Å². The zero-order valence-electron chi connectivity index (χ0n) is 17.5. The van der Waals surface area contributed by atoms with Crippen LogP contribution in [0.4, 0.5) is 5.82 Å². The number of ether oxygens (including phenoxy) is 1. The summed E-state index contributed by atoms with van der Waals surface area (Å²) in [7, 11) is 5.83. The molecule has 2 heterocycles. The van der Waals surface area contributed by atoms with E-state index < -0.39 is 0 Å². The first-order valence-electron chi connectivity index (χ1n) is 10.0. The molecule has 0 aliphatic carbocycles. The molecule has 154 valence electrons. The highest BCUT2D eigenvalue weighted by Crippen LogP contribution is 2.31. The zero-order chi connectivity index (χ0) is 20.9. The van der Waals surface area contributed by atoms with Gasteiger partial charge in [-0.1, -0.05) is 42.5 Å². The fourth-order valence-electron chi connectivity index (χ4n) is 3.41. The Bertz CT molecular complexity index is 1110. The highest BCUT2D eigenvalue weighted by atomic mass is 16.5. The SMILES string of the molecule is CNCCC(Oc1ccccc1-n1cc2cnnc(N(C)C)c2n1)c1ccccc1. The van der Waals surface area contributed by atoms with Crippen molar-refractivity contribution in [3.63, 3.8) is 0 Å². The van der Waals surface area contributed by atoms with Gasteiger partial charge in [-0.3, -0.25) is 0 Å². The molecule has 0 amide bonds. The molecule has 7 nitrogen and oxygen atoms in total. The van der Waals surface area contributed by atoms with Crippen molar-refractivity contribution < 1.29 is 4.74 Å². The van der Waals surface area contributed by atoms with Crippen LogP contribution in [0.1, 0.15) is 18.1 Å². The summed E-state index contributed by atoms with van der Waals surface area (Å²) in [6.07, 6.45) is 4.49. The van der Waals surface area contributed by atoms with E-state index in [1.54, 1.807) is 6.20 Å². The van der Waals surface area contributed by atoms with Crippen LogP contribution >= 0.6 is 0 Å². The first kappa shape index (κ1) is 19.8. The number of aromatic nitrogens is 4. The molecule has 30 heavy (non-hydrogen) atoms. The Morgan fingerprint density at radius 3 is 2.60 bits per heavy atom. The van der Waals surface area contributed by atoms with E-state index in [4.69, 9.17) is 9.84 Å². The minimum atomic E-state index is -0.0644. The summed E-state index contributed by atoms with van der Waals surface area (Å²) < 4.78 is 8.36. The molecule has 2 aromatic heterocycles. The second-order valence-corrected chi connectivity index (χ2v) is 7.32. The van der Waals surface area contributed by atoms with E-state index in [0.717, 1.165) is 46.7 Å². The molecular formula is C23H26N6O. The van der Waals surface area contributed by atoms with Crippen molar-refractivity contribution in [1.82, 2.24) is 25.3 Å². The molecule has 7 heteroatoms. The van der Waals surface area contributed by atoms with Gasteiger partial charge in [0.1, 0.15) is 23.1 Å². The molecule has 0 spiro atoms. The van der Waals surface area contributed by atoms with Crippen LogP contribution < -0.4 is 15.0 Å². The number of para-hydroxylation sites is 2. The molecule has 0 bridgehead atoms. The van der Waals surface area contributed by atoms with Gasteiger partial charge in [0.15, 0.2) is 5.82 Å². The van der Waals surface area contributed by atoms with Crippen LogP contribution in [-0.2, 0) is 0 Å². The average Bonchev–Trinajstić information content (AvgIpc) is 3.21. The molecule has 0 radical (unpaired) electrons. The van der Waals surface area contributed by atoms with Crippen LogP contribution in [0.15, 0.2) is 67.0 Å². The van der Waals surface area contributed by atoms with Gasteiger partial charge >= 0.3 is 0 Å². The van der Waals surface area contributed by atoms with Crippen molar-refractivity contribution in [3.8, 4) is 11.4 Å². The number of hydrogen-bond acceptors (Lipinski definition) is 6. The lowest BCUT2D eigenvalue weighted by atomic mass is 10.1. The molecular weight excluding hydrogens is 376 g/mol. The molecule has 1 N–H and O–H groups in total. The van der Waals surface area contributed by atoms with Crippen LogP contribution in [0.25, 0.3) is 16.6 Å². The highest BCUT2D eigenvalue weighted by molar-refractivity contribution is 5.87. The van der Waals surface area contributed by atoms with E-state index in [-0.39, 0.29) is 6.10 Å². The molecule has 0 aliphatic rings. The first-order chi connectivity index (χ1) is 14.7. The van der Waals surface area contributed by atoms with Gasteiger partial charge in [-0.05, 0) is 31.3 Å². The number of nitrogens with one attached hydrogen (secondary N) is 1. The van der Waals surface area contributed by atoms with E-state index in [1.807, 2.05) is 79.4 Å². The molecule has 2 aromatic carbocycles. The third-order valence-electron chi connectivity index (χ3n) is 4.94. The number of hydrogen-bond donors (Lipinski definition) is 1. The first-order valence-corrected chi connectivity index (χ1v) is 10.0. The highest BCUT2D eigenvalue weighted by Gasteiger charge is 2.17. The molecule has 0 fully saturated rings. The normalized spacial score (nSPS) is 12.1. The predicted octanol–water partition coefficient (Wildman–Crippen LogP) is 3.61. The van der Waals surface area contributed by atoms with Crippen LogP contribution in [-0.4, -0.2) is 47.7 Å². The Labute approximate surface area is 176 Å². The summed E-state index contributed by atoms with van der Waals surface area (Å²) in [5.41, 5.74) is 2.83. The van der Waals surface area contributed by atoms with Crippen molar-refractivity contribution in [2.45, 2.75) is 12.5 Å². The fourth-order valence-corrected chi connectivity index (χ4v) is 3.41.